The van der Waals surface area contributed by atoms with Crippen molar-refractivity contribution in [2.75, 3.05) is 6.26 Å². The van der Waals surface area contributed by atoms with Gasteiger partial charge in [-0.05, 0) is 42.7 Å². The van der Waals surface area contributed by atoms with Crippen LogP contribution in [0.1, 0.15) is 36.6 Å². The van der Waals surface area contributed by atoms with Crippen molar-refractivity contribution in [2.45, 2.75) is 37.0 Å². The lowest BCUT2D eigenvalue weighted by atomic mass is 9.83. The quantitative estimate of drug-likeness (QED) is 0.940. The number of fused-ring (bicyclic) bond motifs is 1. The van der Waals surface area contributed by atoms with Gasteiger partial charge in [0, 0.05) is 21.9 Å². The average Bonchev–Trinajstić information content (AvgIpc) is 2.89. The molecule has 2 aromatic rings. The van der Waals surface area contributed by atoms with E-state index in [9.17, 15) is 8.42 Å². The van der Waals surface area contributed by atoms with Gasteiger partial charge in [0.1, 0.15) is 9.84 Å². The molecule has 0 radical (unpaired) electrons. The van der Waals surface area contributed by atoms with E-state index in [-0.39, 0.29) is 17.2 Å². The van der Waals surface area contributed by atoms with E-state index in [1.165, 1.54) is 21.2 Å². The SMILES string of the molecule is CS(=O)(=O)C1CCCC(C(N)c2cc3ccccc3s2)C1. The summed E-state index contributed by atoms with van der Waals surface area (Å²) in [5, 5.41) is 1.01. The fourth-order valence-corrected chi connectivity index (χ4v) is 5.65. The minimum absolute atomic E-state index is 0.0491. The minimum Gasteiger partial charge on any atom is -0.323 e. The molecule has 5 heteroatoms. The molecular weight excluding hydrogens is 302 g/mol. The van der Waals surface area contributed by atoms with Crippen molar-refractivity contribution in [3.8, 4) is 0 Å². The highest BCUT2D eigenvalue weighted by molar-refractivity contribution is 7.91. The van der Waals surface area contributed by atoms with Gasteiger partial charge >= 0.3 is 0 Å². The van der Waals surface area contributed by atoms with E-state index in [1.807, 2.05) is 12.1 Å². The Morgan fingerprint density at radius 3 is 2.76 bits per heavy atom. The Balaban J connectivity index is 1.82. The van der Waals surface area contributed by atoms with Crippen LogP contribution in [0, 0.1) is 5.92 Å². The molecule has 1 saturated carbocycles. The number of sulfone groups is 1. The van der Waals surface area contributed by atoms with Gasteiger partial charge in [0.05, 0.1) is 5.25 Å². The lowest BCUT2D eigenvalue weighted by molar-refractivity contribution is 0.311. The predicted octanol–water partition coefficient (Wildman–Crippen LogP) is 3.50. The van der Waals surface area contributed by atoms with Crippen molar-refractivity contribution in [2.24, 2.45) is 11.7 Å². The molecule has 1 aromatic carbocycles. The molecule has 114 valence electrons. The van der Waals surface area contributed by atoms with Crippen LogP contribution >= 0.6 is 11.3 Å². The van der Waals surface area contributed by atoms with Crippen molar-refractivity contribution in [1.29, 1.82) is 0 Å². The summed E-state index contributed by atoms with van der Waals surface area (Å²) in [7, 11) is -2.95. The van der Waals surface area contributed by atoms with Crippen LogP contribution in [0.5, 0.6) is 0 Å². The maximum absolute atomic E-state index is 11.8. The Hall–Kier alpha value is -0.910. The number of benzene rings is 1. The number of nitrogens with two attached hydrogens (primary N) is 1. The summed E-state index contributed by atoms with van der Waals surface area (Å²) in [5.74, 6) is 0.270. The number of rotatable bonds is 3. The summed E-state index contributed by atoms with van der Waals surface area (Å²) < 4.78 is 24.8. The van der Waals surface area contributed by atoms with Gasteiger partial charge in [0.15, 0.2) is 0 Å². The summed E-state index contributed by atoms with van der Waals surface area (Å²) in [6, 6.07) is 10.4. The summed E-state index contributed by atoms with van der Waals surface area (Å²) in [6.45, 7) is 0. The third kappa shape index (κ3) is 3.15. The number of hydrogen-bond acceptors (Lipinski definition) is 4. The third-order valence-corrected chi connectivity index (χ3v) is 7.41. The third-order valence-electron chi connectivity index (χ3n) is 4.55. The molecule has 2 N–H and O–H groups in total. The fraction of sp³-hybridized carbons (Fsp3) is 0.500. The van der Waals surface area contributed by atoms with Crippen molar-refractivity contribution >= 4 is 31.3 Å². The molecule has 0 saturated heterocycles. The Labute approximate surface area is 130 Å². The van der Waals surface area contributed by atoms with Crippen LogP contribution in [0.15, 0.2) is 30.3 Å². The van der Waals surface area contributed by atoms with Crippen molar-refractivity contribution in [3.05, 3.63) is 35.2 Å². The molecule has 3 nitrogen and oxygen atoms in total. The molecule has 0 spiro atoms. The Morgan fingerprint density at radius 2 is 2.05 bits per heavy atom. The zero-order chi connectivity index (χ0) is 15.0. The Kier molecular flexibility index (Phi) is 4.08. The highest BCUT2D eigenvalue weighted by Gasteiger charge is 2.32. The van der Waals surface area contributed by atoms with Crippen molar-refractivity contribution in [3.63, 3.8) is 0 Å². The molecule has 1 aliphatic rings. The van der Waals surface area contributed by atoms with Crippen LogP contribution < -0.4 is 5.73 Å². The highest BCUT2D eigenvalue weighted by Crippen LogP contribution is 2.39. The van der Waals surface area contributed by atoms with Gasteiger partial charge in [0.2, 0.25) is 0 Å². The first-order valence-electron chi connectivity index (χ1n) is 7.38. The molecule has 0 aliphatic heterocycles. The van der Waals surface area contributed by atoms with Gasteiger partial charge in [-0.25, -0.2) is 8.42 Å². The molecule has 1 fully saturated rings. The molecular formula is C16H21NO2S2. The Morgan fingerprint density at radius 1 is 1.29 bits per heavy atom. The zero-order valence-electron chi connectivity index (χ0n) is 12.2. The molecule has 21 heavy (non-hydrogen) atoms. The molecule has 3 atom stereocenters. The first-order valence-corrected chi connectivity index (χ1v) is 10.1. The topological polar surface area (TPSA) is 60.2 Å². The smallest absolute Gasteiger partial charge is 0.150 e. The van der Waals surface area contributed by atoms with Crippen LogP contribution in [-0.2, 0) is 9.84 Å². The molecule has 1 heterocycles. The second-order valence-corrected chi connectivity index (χ2v) is 9.53. The van der Waals surface area contributed by atoms with E-state index in [0.717, 1.165) is 19.3 Å². The van der Waals surface area contributed by atoms with E-state index in [2.05, 4.69) is 18.2 Å². The van der Waals surface area contributed by atoms with Gasteiger partial charge < -0.3 is 5.73 Å². The highest BCUT2D eigenvalue weighted by atomic mass is 32.2. The predicted molar refractivity (Wildman–Crippen MR) is 89.3 cm³/mol. The van der Waals surface area contributed by atoms with Crippen LogP contribution in [0.3, 0.4) is 0 Å². The van der Waals surface area contributed by atoms with E-state index >= 15 is 0 Å². The van der Waals surface area contributed by atoms with Crippen LogP contribution in [-0.4, -0.2) is 19.9 Å². The van der Waals surface area contributed by atoms with Crippen LogP contribution in [0.2, 0.25) is 0 Å². The summed E-state index contributed by atoms with van der Waals surface area (Å²) in [5.41, 5.74) is 6.45. The molecule has 1 aromatic heterocycles. The average molecular weight is 323 g/mol. The van der Waals surface area contributed by atoms with Crippen molar-refractivity contribution in [1.82, 2.24) is 0 Å². The largest absolute Gasteiger partial charge is 0.323 e. The molecule has 3 unspecified atom stereocenters. The van der Waals surface area contributed by atoms with Gasteiger partial charge in [-0.1, -0.05) is 24.6 Å². The second kappa shape index (κ2) is 5.71. The minimum atomic E-state index is -2.95. The zero-order valence-corrected chi connectivity index (χ0v) is 13.8. The molecule has 3 rings (SSSR count). The second-order valence-electron chi connectivity index (χ2n) is 6.09. The summed E-state index contributed by atoms with van der Waals surface area (Å²) >= 11 is 1.73. The fourth-order valence-electron chi connectivity index (χ4n) is 3.30. The summed E-state index contributed by atoms with van der Waals surface area (Å²) in [4.78, 5) is 1.18. The maximum Gasteiger partial charge on any atom is 0.150 e. The van der Waals surface area contributed by atoms with Crippen LogP contribution in [0.25, 0.3) is 10.1 Å². The lowest BCUT2D eigenvalue weighted by Crippen LogP contribution is -2.32. The van der Waals surface area contributed by atoms with E-state index in [1.54, 1.807) is 11.3 Å². The van der Waals surface area contributed by atoms with E-state index in [0.29, 0.717) is 6.42 Å². The number of hydrogen-bond donors (Lipinski definition) is 1. The molecule has 0 bridgehead atoms. The Bertz CT molecular complexity index is 703. The molecule has 1 aliphatic carbocycles. The van der Waals surface area contributed by atoms with Crippen LogP contribution in [0.4, 0.5) is 0 Å². The van der Waals surface area contributed by atoms with E-state index < -0.39 is 9.84 Å². The molecule has 0 amide bonds. The standard InChI is InChI=1S/C16H21NO2S2/c1-21(18,19)13-7-4-6-12(9-13)16(17)15-10-11-5-2-3-8-14(11)20-15/h2-3,5,8,10,12-13,16H,4,6-7,9,17H2,1H3. The maximum atomic E-state index is 11.8. The van der Waals surface area contributed by atoms with Gasteiger partial charge in [-0.15, -0.1) is 11.3 Å². The van der Waals surface area contributed by atoms with Gasteiger partial charge in [0.25, 0.3) is 0 Å². The monoisotopic (exact) mass is 323 g/mol. The normalized spacial score (nSPS) is 25.0. The first kappa shape index (κ1) is 15.0. The number of thiophene rings is 1. The first-order chi connectivity index (χ1) is 9.95. The lowest BCUT2D eigenvalue weighted by Gasteiger charge is -2.31. The van der Waals surface area contributed by atoms with E-state index in [4.69, 9.17) is 5.73 Å². The van der Waals surface area contributed by atoms with Gasteiger partial charge in [-0.2, -0.15) is 0 Å². The van der Waals surface area contributed by atoms with Crippen molar-refractivity contribution < 1.29 is 8.42 Å². The summed E-state index contributed by atoms with van der Waals surface area (Å²) in [6.07, 6.45) is 4.83. The van der Waals surface area contributed by atoms with Gasteiger partial charge in [-0.3, -0.25) is 0 Å².